The number of aryl methyl sites for hydroxylation is 1. The van der Waals surface area contributed by atoms with Crippen LogP contribution in [0.15, 0.2) is 27.1 Å². The Labute approximate surface area is 153 Å². The number of nitrogens with zero attached hydrogens (tertiary/aromatic N) is 3. The van der Waals surface area contributed by atoms with Crippen LogP contribution in [0.1, 0.15) is 24.7 Å². The Kier molecular flexibility index (Phi) is 4.51. The summed E-state index contributed by atoms with van der Waals surface area (Å²) in [5.41, 5.74) is 2.07. The fourth-order valence-corrected chi connectivity index (χ4v) is 3.18. The largest absolute Gasteiger partial charge is 0.493 e. The van der Waals surface area contributed by atoms with Crippen molar-refractivity contribution in [2.24, 2.45) is 5.92 Å². The summed E-state index contributed by atoms with van der Waals surface area (Å²) < 4.78 is 45.6. The summed E-state index contributed by atoms with van der Waals surface area (Å²) in [7, 11) is 1.36. The number of alkyl halides is 2. The molecule has 2 aromatic heterocycles. The van der Waals surface area contributed by atoms with E-state index >= 15 is 0 Å². The van der Waals surface area contributed by atoms with Crippen molar-refractivity contribution in [2.45, 2.75) is 32.8 Å². The Bertz CT molecular complexity index is 954. The van der Waals surface area contributed by atoms with Gasteiger partial charge in [-0.2, -0.15) is 8.78 Å². The Balaban J connectivity index is 1.65. The highest BCUT2D eigenvalue weighted by molar-refractivity contribution is 5.62. The summed E-state index contributed by atoms with van der Waals surface area (Å²) in [6.07, 6.45) is 2.75. The molecule has 0 bridgehead atoms. The minimum atomic E-state index is -2.94. The molecule has 9 heteroatoms. The molecule has 142 valence electrons. The van der Waals surface area contributed by atoms with E-state index in [0.717, 1.165) is 30.6 Å². The molecule has 1 aromatic carbocycles. The van der Waals surface area contributed by atoms with Gasteiger partial charge in [0.05, 0.1) is 7.11 Å². The van der Waals surface area contributed by atoms with Crippen LogP contribution in [-0.4, -0.2) is 29.1 Å². The molecule has 1 aliphatic carbocycles. The highest BCUT2D eigenvalue weighted by atomic mass is 19.3. The van der Waals surface area contributed by atoms with Crippen LogP contribution < -0.4 is 9.47 Å². The van der Waals surface area contributed by atoms with E-state index in [1.165, 1.54) is 25.3 Å². The maximum atomic E-state index is 12.5. The molecule has 2 heterocycles. The van der Waals surface area contributed by atoms with Gasteiger partial charge in [0, 0.05) is 17.5 Å². The van der Waals surface area contributed by atoms with E-state index in [9.17, 15) is 8.78 Å². The van der Waals surface area contributed by atoms with Crippen molar-refractivity contribution in [3.63, 3.8) is 0 Å². The third kappa shape index (κ3) is 3.36. The van der Waals surface area contributed by atoms with E-state index in [-0.39, 0.29) is 23.3 Å². The lowest BCUT2D eigenvalue weighted by Crippen LogP contribution is -2.09. The fourth-order valence-electron chi connectivity index (χ4n) is 3.18. The maximum Gasteiger partial charge on any atom is 0.387 e. The number of methoxy groups -OCH3 is 1. The van der Waals surface area contributed by atoms with Crippen molar-refractivity contribution < 1.29 is 27.2 Å². The molecular formula is C18H17F2N3O4. The topological polar surface area (TPSA) is 83.4 Å². The van der Waals surface area contributed by atoms with Gasteiger partial charge in [-0.25, -0.2) is 0 Å². The molecule has 0 unspecified atom stereocenters. The molecule has 0 saturated heterocycles. The standard InChI is InChI=1S/C18H17F2N3O4/c1-9-3-5-12-11(7-9)15(23-27-12)17-22-21-16(26-17)10-4-6-13(25-18(19)20)14(8-10)24-2/h4,6,8-9,18H,3,5,7H2,1-2H3/t9-/m1/s1. The highest BCUT2D eigenvalue weighted by Crippen LogP contribution is 2.36. The molecule has 4 rings (SSSR count). The number of hydrogen-bond donors (Lipinski definition) is 0. The quantitative estimate of drug-likeness (QED) is 0.661. The van der Waals surface area contributed by atoms with Crippen LogP contribution in [0, 0.1) is 5.92 Å². The van der Waals surface area contributed by atoms with E-state index in [2.05, 4.69) is 27.0 Å². The molecule has 3 aromatic rings. The first-order valence-electron chi connectivity index (χ1n) is 8.49. The number of ether oxygens (including phenoxy) is 2. The molecule has 0 spiro atoms. The van der Waals surface area contributed by atoms with Crippen molar-refractivity contribution in [3.05, 3.63) is 29.5 Å². The third-order valence-corrected chi connectivity index (χ3v) is 4.54. The smallest absolute Gasteiger partial charge is 0.387 e. The van der Waals surface area contributed by atoms with E-state index in [1.54, 1.807) is 0 Å². The van der Waals surface area contributed by atoms with E-state index in [4.69, 9.17) is 13.7 Å². The van der Waals surface area contributed by atoms with Crippen molar-refractivity contribution >= 4 is 0 Å². The Morgan fingerprint density at radius 3 is 2.78 bits per heavy atom. The van der Waals surface area contributed by atoms with Gasteiger partial charge in [-0.3, -0.25) is 0 Å². The molecule has 0 N–H and O–H groups in total. The lowest BCUT2D eigenvalue weighted by atomic mass is 9.88. The molecule has 1 atom stereocenters. The molecule has 0 fully saturated rings. The molecule has 7 nitrogen and oxygen atoms in total. The van der Waals surface area contributed by atoms with E-state index in [0.29, 0.717) is 17.2 Å². The van der Waals surface area contributed by atoms with Crippen LogP contribution in [-0.2, 0) is 12.8 Å². The van der Waals surface area contributed by atoms with Gasteiger partial charge in [0.2, 0.25) is 5.89 Å². The van der Waals surface area contributed by atoms with Gasteiger partial charge in [0.25, 0.3) is 5.89 Å². The summed E-state index contributed by atoms with van der Waals surface area (Å²) in [4.78, 5) is 0. The second-order valence-corrected chi connectivity index (χ2v) is 6.44. The van der Waals surface area contributed by atoms with Crippen molar-refractivity contribution in [1.29, 1.82) is 0 Å². The van der Waals surface area contributed by atoms with Crippen LogP contribution in [0.25, 0.3) is 23.0 Å². The average molecular weight is 377 g/mol. The number of fused-ring (bicyclic) bond motifs is 1. The first-order valence-corrected chi connectivity index (χ1v) is 8.49. The molecule has 0 saturated carbocycles. The van der Waals surface area contributed by atoms with Crippen molar-refractivity contribution in [1.82, 2.24) is 15.4 Å². The van der Waals surface area contributed by atoms with Gasteiger partial charge in [-0.1, -0.05) is 12.1 Å². The predicted molar refractivity (Wildman–Crippen MR) is 89.6 cm³/mol. The average Bonchev–Trinajstić information content (AvgIpc) is 3.28. The molecule has 0 amide bonds. The first-order chi connectivity index (χ1) is 13.0. The third-order valence-electron chi connectivity index (χ3n) is 4.54. The number of rotatable bonds is 5. The molecule has 1 aliphatic rings. The summed E-state index contributed by atoms with van der Waals surface area (Å²) in [5, 5.41) is 12.2. The van der Waals surface area contributed by atoms with Crippen LogP contribution in [0.2, 0.25) is 0 Å². The normalized spacial score (nSPS) is 16.4. The Morgan fingerprint density at radius 1 is 1.19 bits per heavy atom. The lowest BCUT2D eigenvalue weighted by Gasteiger charge is -2.15. The maximum absolute atomic E-state index is 12.5. The summed E-state index contributed by atoms with van der Waals surface area (Å²) in [6, 6.07) is 4.40. The van der Waals surface area contributed by atoms with Gasteiger partial charge in [-0.05, 0) is 37.0 Å². The molecular weight excluding hydrogens is 360 g/mol. The minimum absolute atomic E-state index is 0.0736. The second-order valence-electron chi connectivity index (χ2n) is 6.44. The van der Waals surface area contributed by atoms with Gasteiger partial charge >= 0.3 is 6.61 Å². The summed E-state index contributed by atoms with van der Waals surface area (Å²) >= 11 is 0. The van der Waals surface area contributed by atoms with Gasteiger partial charge in [0.1, 0.15) is 5.76 Å². The zero-order chi connectivity index (χ0) is 19.0. The zero-order valence-corrected chi connectivity index (χ0v) is 14.7. The molecule has 0 aliphatic heterocycles. The SMILES string of the molecule is COc1cc(-c2nnc(-c3noc4c3C[C@H](C)CC4)o2)ccc1OC(F)F. The number of hydrogen-bond acceptors (Lipinski definition) is 7. The minimum Gasteiger partial charge on any atom is -0.493 e. The fraction of sp³-hybridized carbons (Fsp3) is 0.389. The number of benzene rings is 1. The van der Waals surface area contributed by atoms with Crippen molar-refractivity contribution in [3.8, 4) is 34.5 Å². The molecule has 27 heavy (non-hydrogen) atoms. The lowest BCUT2D eigenvalue weighted by molar-refractivity contribution is -0.0512. The first kappa shape index (κ1) is 17.4. The van der Waals surface area contributed by atoms with E-state index < -0.39 is 6.61 Å². The number of halogens is 2. The van der Waals surface area contributed by atoms with Crippen LogP contribution in [0.3, 0.4) is 0 Å². The monoisotopic (exact) mass is 377 g/mol. The highest BCUT2D eigenvalue weighted by Gasteiger charge is 2.27. The summed E-state index contributed by atoms with van der Waals surface area (Å²) in [6.45, 7) is -0.769. The predicted octanol–water partition coefficient (Wildman–Crippen LogP) is 4.13. The Hall–Kier alpha value is -2.97. The van der Waals surface area contributed by atoms with Crippen LogP contribution in [0.4, 0.5) is 8.78 Å². The Morgan fingerprint density at radius 2 is 2.00 bits per heavy atom. The van der Waals surface area contributed by atoms with Gasteiger partial charge in [-0.15, -0.1) is 10.2 Å². The van der Waals surface area contributed by atoms with Crippen molar-refractivity contribution in [2.75, 3.05) is 7.11 Å². The second kappa shape index (κ2) is 6.98. The van der Waals surface area contributed by atoms with Gasteiger partial charge < -0.3 is 18.4 Å². The van der Waals surface area contributed by atoms with E-state index in [1.807, 2.05) is 0 Å². The van der Waals surface area contributed by atoms with Gasteiger partial charge in [0.15, 0.2) is 17.2 Å². The van der Waals surface area contributed by atoms with Crippen LogP contribution >= 0.6 is 0 Å². The zero-order valence-electron chi connectivity index (χ0n) is 14.7. The number of aromatic nitrogens is 3. The molecule has 0 radical (unpaired) electrons. The van der Waals surface area contributed by atoms with Crippen LogP contribution in [0.5, 0.6) is 11.5 Å². The summed E-state index contributed by atoms with van der Waals surface area (Å²) in [5.74, 6) is 1.93.